The highest BCUT2D eigenvalue weighted by molar-refractivity contribution is 7.92. The smallest absolute Gasteiger partial charge is 0.332 e. The number of rotatable bonds is 5. The van der Waals surface area contributed by atoms with Gasteiger partial charge in [-0.3, -0.25) is 23.3 Å². The zero-order chi connectivity index (χ0) is 23.4. The Bertz CT molecular complexity index is 1580. The minimum absolute atomic E-state index is 0.0250. The van der Waals surface area contributed by atoms with Crippen LogP contribution in [0.4, 0.5) is 5.69 Å². The number of aryl methyl sites for hydroxylation is 3. The van der Waals surface area contributed by atoms with Crippen molar-refractivity contribution in [3.63, 3.8) is 0 Å². The van der Waals surface area contributed by atoms with Gasteiger partial charge in [0.15, 0.2) is 5.65 Å². The topological polar surface area (TPSA) is 137 Å². The lowest BCUT2D eigenvalue weighted by Crippen LogP contribution is -2.36. The number of anilines is 1. The molecule has 0 saturated heterocycles. The third-order valence-electron chi connectivity index (χ3n) is 5.09. The predicted molar refractivity (Wildman–Crippen MR) is 120 cm³/mol. The van der Waals surface area contributed by atoms with E-state index in [9.17, 15) is 18.0 Å². The molecule has 0 aliphatic carbocycles. The second-order valence-electron chi connectivity index (χ2n) is 7.40. The Morgan fingerprint density at radius 1 is 1.09 bits per heavy atom. The number of sulfonamides is 1. The molecule has 2 N–H and O–H groups in total. The lowest BCUT2D eigenvalue weighted by atomic mass is 10.1. The Hall–Kier alpha value is -3.38. The highest BCUT2D eigenvalue weighted by Crippen LogP contribution is 2.26. The van der Waals surface area contributed by atoms with Crippen molar-refractivity contribution < 1.29 is 8.42 Å². The molecule has 168 valence electrons. The summed E-state index contributed by atoms with van der Waals surface area (Å²) in [6, 6.07) is 6.70. The Labute approximate surface area is 187 Å². The number of nitrogens with one attached hydrogen (secondary N) is 2. The van der Waals surface area contributed by atoms with Gasteiger partial charge in [-0.05, 0) is 24.6 Å². The van der Waals surface area contributed by atoms with Gasteiger partial charge in [0.2, 0.25) is 0 Å². The fourth-order valence-electron chi connectivity index (χ4n) is 3.46. The summed E-state index contributed by atoms with van der Waals surface area (Å²) in [6.07, 6.45) is 0.354. The van der Waals surface area contributed by atoms with Crippen LogP contribution in [0.3, 0.4) is 0 Å². The zero-order valence-electron chi connectivity index (χ0n) is 17.7. The summed E-state index contributed by atoms with van der Waals surface area (Å²) >= 11 is 6.08. The van der Waals surface area contributed by atoms with Gasteiger partial charge in [-0.25, -0.2) is 18.2 Å². The van der Waals surface area contributed by atoms with Crippen molar-refractivity contribution in [3.8, 4) is 0 Å². The van der Waals surface area contributed by atoms with Gasteiger partial charge in [-0.2, -0.15) is 5.10 Å². The number of hydrogen-bond acceptors (Lipinski definition) is 6. The second kappa shape index (κ2) is 7.64. The molecule has 4 rings (SSSR count). The Morgan fingerprint density at radius 3 is 2.34 bits per heavy atom. The molecule has 0 fully saturated rings. The second-order valence-corrected chi connectivity index (χ2v) is 9.37. The highest BCUT2D eigenvalue weighted by atomic mass is 35.5. The average molecular weight is 478 g/mol. The van der Waals surface area contributed by atoms with E-state index in [2.05, 4.69) is 19.8 Å². The van der Waals surface area contributed by atoms with Crippen LogP contribution in [-0.4, -0.2) is 37.3 Å². The number of benzene rings is 1. The van der Waals surface area contributed by atoms with Gasteiger partial charge in [0.1, 0.15) is 21.4 Å². The van der Waals surface area contributed by atoms with Crippen LogP contribution in [0.2, 0.25) is 5.15 Å². The van der Waals surface area contributed by atoms with Crippen molar-refractivity contribution in [2.75, 3.05) is 4.72 Å². The first-order chi connectivity index (χ1) is 15.0. The van der Waals surface area contributed by atoms with Crippen LogP contribution >= 0.6 is 11.6 Å². The number of nitrogens with zero attached hydrogens (tertiary/aromatic N) is 5. The third-order valence-corrected chi connectivity index (χ3v) is 7.17. The van der Waals surface area contributed by atoms with E-state index in [0.29, 0.717) is 23.6 Å². The van der Waals surface area contributed by atoms with E-state index in [4.69, 9.17) is 11.6 Å². The van der Waals surface area contributed by atoms with Gasteiger partial charge in [0.05, 0.1) is 5.69 Å². The molecule has 4 aromatic rings. The van der Waals surface area contributed by atoms with Crippen molar-refractivity contribution in [1.29, 1.82) is 0 Å². The minimum atomic E-state index is -3.91. The highest BCUT2D eigenvalue weighted by Gasteiger charge is 2.25. The molecule has 3 aromatic heterocycles. The number of imidazole rings is 1. The molecule has 11 nitrogen and oxygen atoms in total. The summed E-state index contributed by atoms with van der Waals surface area (Å²) in [5.41, 5.74) is 1.10. The number of H-pyrrole nitrogens is 1. The molecule has 0 unspecified atom stereocenters. The number of halogens is 1. The van der Waals surface area contributed by atoms with Gasteiger partial charge < -0.3 is 4.98 Å². The fourth-order valence-corrected chi connectivity index (χ4v) is 5.27. The van der Waals surface area contributed by atoms with E-state index in [1.54, 1.807) is 45.3 Å². The quantitative estimate of drug-likeness (QED) is 0.440. The molecule has 0 saturated carbocycles. The zero-order valence-corrected chi connectivity index (χ0v) is 19.2. The van der Waals surface area contributed by atoms with E-state index in [1.165, 1.54) is 16.3 Å². The molecular weight excluding hydrogens is 458 g/mol. The van der Waals surface area contributed by atoms with Crippen molar-refractivity contribution in [2.24, 2.45) is 21.1 Å². The molecule has 0 atom stereocenters. The van der Waals surface area contributed by atoms with Crippen molar-refractivity contribution >= 4 is 38.5 Å². The number of hydrogen-bond donors (Lipinski definition) is 2. The van der Waals surface area contributed by atoms with E-state index >= 15 is 0 Å². The fraction of sp³-hybridized carbons (Fsp3) is 0.263. The molecule has 0 bridgehead atoms. The monoisotopic (exact) mass is 477 g/mol. The Balaban J connectivity index is 1.58. The molecule has 13 heteroatoms. The minimum Gasteiger partial charge on any atom is -0.336 e. The maximum absolute atomic E-state index is 12.7. The van der Waals surface area contributed by atoms with Gasteiger partial charge in [-0.15, -0.1) is 0 Å². The van der Waals surface area contributed by atoms with Crippen molar-refractivity contribution in [1.82, 2.24) is 28.9 Å². The van der Waals surface area contributed by atoms with Crippen molar-refractivity contribution in [2.45, 2.75) is 18.2 Å². The molecular formula is C19H20ClN7O4S. The van der Waals surface area contributed by atoms with Crippen LogP contribution in [0.25, 0.3) is 11.2 Å². The first-order valence-electron chi connectivity index (χ1n) is 9.45. The Morgan fingerprint density at radius 2 is 1.75 bits per heavy atom. The van der Waals surface area contributed by atoms with Crippen LogP contribution in [0, 0.1) is 6.92 Å². The maximum atomic E-state index is 12.7. The summed E-state index contributed by atoms with van der Waals surface area (Å²) in [6.45, 7) is 1.57. The van der Waals surface area contributed by atoms with Crippen LogP contribution in [-0.2, 0) is 37.6 Å². The van der Waals surface area contributed by atoms with E-state index in [-0.39, 0.29) is 21.2 Å². The number of fused-ring (bicyclic) bond motifs is 1. The lowest BCUT2D eigenvalue weighted by molar-refractivity contribution is 0.600. The largest absolute Gasteiger partial charge is 0.336 e. The summed E-state index contributed by atoms with van der Waals surface area (Å²) in [5.74, 6) is 0.504. The summed E-state index contributed by atoms with van der Waals surface area (Å²) in [4.78, 5) is 31.7. The van der Waals surface area contributed by atoms with E-state index in [0.717, 1.165) is 10.1 Å². The van der Waals surface area contributed by atoms with Crippen LogP contribution < -0.4 is 16.0 Å². The number of aromatic nitrogens is 6. The standard InChI is InChI=1S/C19H20ClN7O4S/c1-10-15(16(20)27(4)23-10)32(30,31)24-12-7-5-11(6-8-12)9-13-21-14-17(22-13)25(2)19(29)26(3)18(14)28/h5-8,24H,9H2,1-4H3,(H,21,22). The molecule has 0 amide bonds. The lowest BCUT2D eigenvalue weighted by Gasteiger charge is -2.08. The van der Waals surface area contributed by atoms with Gasteiger partial charge in [0.25, 0.3) is 15.6 Å². The van der Waals surface area contributed by atoms with Crippen LogP contribution in [0.15, 0.2) is 38.8 Å². The summed E-state index contributed by atoms with van der Waals surface area (Å²) in [7, 11) is 0.605. The van der Waals surface area contributed by atoms with Gasteiger partial charge in [-0.1, -0.05) is 23.7 Å². The van der Waals surface area contributed by atoms with Gasteiger partial charge in [0, 0.05) is 33.3 Å². The predicted octanol–water partition coefficient (Wildman–Crippen LogP) is 1.05. The average Bonchev–Trinajstić information content (AvgIpc) is 3.26. The maximum Gasteiger partial charge on any atom is 0.332 e. The van der Waals surface area contributed by atoms with E-state index in [1.807, 2.05) is 0 Å². The summed E-state index contributed by atoms with van der Waals surface area (Å²) in [5, 5.41) is 4.06. The van der Waals surface area contributed by atoms with Crippen molar-refractivity contribution in [3.05, 3.63) is 67.3 Å². The normalized spacial score (nSPS) is 11.9. The SMILES string of the molecule is Cc1nn(C)c(Cl)c1S(=O)(=O)Nc1ccc(Cc2nc3c([nH]2)c(=O)n(C)c(=O)n3C)cc1. The molecule has 0 spiro atoms. The first kappa shape index (κ1) is 21.8. The van der Waals surface area contributed by atoms with Crippen LogP contribution in [0.5, 0.6) is 0 Å². The molecule has 0 aliphatic rings. The third kappa shape index (κ3) is 3.60. The van der Waals surface area contributed by atoms with Crippen LogP contribution in [0.1, 0.15) is 17.1 Å². The van der Waals surface area contributed by atoms with E-state index < -0.39 is 21.3 Å². The van der Waals surface area contributed by atoms with Gasteiger partial charge >= 0.3 is 5.69 Å². The molecule has 1 aromatic carbocycles. The molecule has 0 radical (unpaired) electrons. The molecule has 32 heavy (non-hydrogen) atoms. The number of aromatic amines is 1. The molecule has 3 heterocycles. The molecule has 0 aliphatic heterocycles. The Kier molecular flexibility index (Phi) is 5.21. The summed E-state index contributed by atoms with van der Waals surface area (Å²) < 4.78 is 31.6. The first-order valence-corrected chi connectivity index (χ1v) is 11.3.